The lowest BCUT2D eigenvalue weighted by Gasteiger charge is -2.06. The number of hydrogen-bond donors (Lipinski definition) is 1. The second kappa shape index (κ2) is 7.88. The second-order valence-corrected chi connectivity index (χ2v) is 6.35. The quantitative estimate of drug-likeness (QED) is 0.668. The number of thiazole rings is 1. The number of aromatic nitrogens is 3. The first-order chi connectivity index (χ1) is 13.0. The van der Waals surface area contributed by atoms with Crippen LogP contribution in [0.2, 0.25) is 0 Å². The maximum Gasteiger partial charge on any atom is 0.350 e. The molecule has 9 heteroatoms. The summed E-state index contributed by atoms with van der Waals surface area (Å²) in [4.78, 5) is 25.0. The SMILES string of the molecule is CCOC(=O)c1sc(Nc2ncc(C#N)c(-c3ccc(F)cc3)n2)nc1C. The first-order valence-corrected chi connectivity index (χ1v) is 8.78. The number of nitriles is 1. The average Bonchev–Trinajstić information content (AvgIpc) is 3.03. The number of anilines is 2. The summed E-state index contributed by atoms with van der Waals surface area (Å²) in [5.74, 6) is -0.611. The Bertz CT molecular complexity index is 1030. The van der Waals surface area contributed by atoms with Crippen LogP contribution < -0.4 is 5.32 Å². The number of aryl methyl sites for hydroxylation is 1. The Labute approximate surface area is 158 Å². The molecule has 2 heterocycles. The largest absolute Gasteiger partial charge is 0.462 e. The number of halogens is 1. The van der Waals surface area contributed by atoms with Crippen molar-refractivity contribution < 1.29 is 13.9 Å². The lowest BCUT2D eigenvalue weighted by atomic mass is 10.1. The molecule has 0 aliphatic rings. The Balaban J connectivity index is 1.91. The molecule has 27 heavy (non-hydrogen) atoms. The van der Waals surface area contributed by atoms with E-state index in [2.05, 4.69) is 20.3 Å². The fourth-order valence-corrected chi connectivity index (χ4v) is 3.14. The summed E-state index contributed by atoms with van der Waals surface area (Å²) in [6.07, 6.45) is 1.38. The van der Waals surface area contributed by atoms with Gasteiger partial charge in [-0.25, -0.2) is 24.1 Å². The molecule has 136 valence electrons. The first kappa shape index (κ1) is 18.4. The van der Waals surface area contributed by atoms with Crippen LogP contribution in [0, 0.1) is 24.1 Å². The van der Waals surface area contributed by atoms with Crippen molar-refractivity contribution in [1.29, 1.82) is 5.26 Å². The zero-order valence-corrected chi connectivity index (χ0v) is 15.3. The molecular weight excluding hydrogens is 369 g/mol. The van der Waals surface area contributed by atoms with Gasteiger partial charge in [0, 0.05) is 5.56 Å². The van der Waals surface area contributed by atoms with Gasteiger partial charge in [-0.1, -0.05) is 11.3 Å². The maximum atomic E-state index is 13.2. The maximum absolute atomic E-state index is 13.2. The van der Waals surface area contributed by atoms with Crippen molar-refractivity contribution in [2.24, 2.45) is 0 Å². The number of ether oxygens (including phenoxy) is 1. The third kappa shape index (κ3) is 4.07. The highest BCUT2D eigenvalue weighted by Gasteiger charge is 2.17. The molecule has 2 aromatic heterocycles. The third-order valence-electron chi connectivity index (χ3n) is 3.50. The number of carbonyl (C=O) groups is 1. The standard InChI is InChI=1S/C18H14FN5O2S/c1-3-26-16(25)15-10(2)22-18(27-15)24-17-21-9-12(8-20)14(23-17)11-4-6-13(19)7-5-11/h4-7,9H,3H2,1-2H3,(H,21,22,23,24). The van der Waals surface area contributed by atoms with Gasteiger partial charge in [0.15, 0.2) is 5.13 Å². The fourth-order valence-electron chi connectivity index (χ4n) is 2.28. The molecule has 3 rings (SSSR count). The van der Waals surface area contributed by atoms with Gasteiger partial charge in [0.1, 0.15) is 16.8 Å². The Morgan fingerprint density at radius 1 is 1.33 bits per heavy atom. The smallest absolute Gasteiger partial charge is 0.350 e. The van der Waals surface area contributed by atoms with Crippen LogP contribution in [0.4, 0.5) is 15.5 Å². The number of esters is 1. The highest BCUT2D eigenvalue weighted by atomic mass is 32.1. The van der Waals surface area contributed by atoms with E-state index in [1.165, 1.54) is 30.5 Å². The molecule has 0 saturated heterocycles. The molecule has 1 N–H and O–H groups in total. The second-order valence-electron chi connectivity index (χ2n) is 5.35. The summed E-state index contributed by atoms with van der Waals surface area (Å²) in [5, 5.41) is 12.6. The molecule has 0 fully saturated rings. The lowest BCUT2D eigenvalue weighted by Crippen LogP contribution is -2.03. The minimum absolute atomic E-state index is 0.206. The first-order valence-electron chi connectivity index (χ1n) is 7.96. The van der Waals surface area contributed by atoms with Crippen LogP contribution in [-0.4, -0.2) is 27.5 Å². The van der Waals surface area contributed by atoms with E-state index in [0.717, 1.165) is 11.3 Å². The molecule has 1 aromatic carbocycles. The predicted molar refractivity (Wildman–Crippen MR) is 98.2 cm³/mol. The van der Waals surface area contributed by atoms with Crippen molar-refractivity contribution in [3.63, 3.8) is 0 Å². The molecule has 0 aliphatic carbocycles. The minimum Gasteiger partial charge on any atom is -0.462 e. The van der Waals surface area contributed by atoms with Crippen LogP contribution in [0.3, 0.4) is 0 Å². The summed E-state index contributed by atoms with van der Waals surface area (Å²) in [7, 11) is 0. The molecule has 0 aliphatic heterocycles. The zero-order chi connectivity index (χ0) is 19.4. The van der Waals surface area contributed by atoms with E-state index >= 15 is 0 Å². The molecule has 0 spiro atoms. The van der Waals surface area contributed by atoms with Crippen molar-refractivity contribution >= 4 is 28.4 Å². The Kier molecular flexibility index (Phi) is 5.38. The normalized spacial score (nSPS) is 10.3. The number of benzene rings is 1. The van der Waals surface area contributed by atoms with Crippen LogP contribution in [-0.2, 0) is 4.74 Å². The van der Waals surface area contributed by atoms with Gasteiger partial charge < -0.3 is 10.1 Å². The molecule has 0 bridgehead atoms. The Hall–Kier alpha value is -3.38. The highest BCUT2D eigenvalue weighted by molar-refractivity contribution is 7.17. The van der Waals surface area contributed by atoms with E-state index in [-0.39, 0.29) is 23.9 Å². The topological polar surface area (TPSA) is 101 Å². The molecule has 0 amide bonds. The van der Waals surface area contributed by atoms with Gasteiger partial charge in [0.2, 0.25) is 5.95 Å². The van der Waals surface area contributed by atoms with Crippen LogP contribution in [0.25, 0.3) is 11.3 Å². The van der Waals surface area contributed by atoms with E-state index < -0.39 is 5.97 Å². The van der Waals surface area contributed by atoms with Crippen LogP contribution in [0.5, 0.6) is 0 Å². The van der Waals surface area contributed by atoms with Crippen molar-refractivity contribution in [3.05, 3.63) is 52.4 Å². The van der Waals surface area contributed by atoms with E-state index in [1.54, 1.807) is 13.8 Å². The van der Waals surface area contributed by atoms with Crippen molar-refractivity contribution in [3.8, 4) is 17.3 Å². The van der Waals surface area contributed by atoms with Crippen LogP contribution in [0.15, 0.2) is 30.5 Å². The summed E-state index contributed by atoms with van der Waals surface area (Å²) >= 11 is 1.12. The van der Waals surface area contributed by atoms with Crippen molar-refractivity contribution in [2.45, 2.75) is 13.8 Å². The van der Waals surface area contributed by atoms with E-state index in [4.69, 9.17) is 4.74 Å². The molecular formula is C18H14FN5O2S. The molecule has 0 atom stereocenters. The predicted octanol–water partition coefficient (Wildman–Crippen LogP) is 3.84. The number of hydrogen-bond acceptors (Lipinski definition) is 8. The van der Waals surface area contributed by atoms with E-state index in [1.807, 2.05) is 6.07 Å². The molecule has 7 nitrogen and oxygen atoms in total. The average molecular weight is 383 g/mol. The van der Waals surface area contributed by atoms with E-state index in [9.17, 15) is 14.4 Å². The van der Waals surface area contributed by atoms with Crippen LogP contribution in [0.1, 0.15) is 27.9 Å². The number of nitrogens with zero attached hydrogens (tertiary/aromatic N) is 4. The van der Waals surface area contributed by atoms with Gasteiger partial charge in [-0.15, -0.1) is 0 Å². The number of nitrogens with one attached hydrogen (secondary N) is 1. The third-order valence-corrected chi connectivity index (χ3v) is 4.56. The zero-order valence-electron chi connectivity index (χ0n) is 14.5. The summed E-state index contributed by atoms with van der Waals surface area (Å²) < 4.78 is 18.2. The molecule has 3 aromatic rings. The lowest BCUT2D eigenvalue weighted by molar-refractivity contribution is 0.0531. The van der Waals surface area contributed by atoms with Gasteiger partial charge in [0.25, 0.3) is 0 Å². The minimum atomic E-state index is -0.437. The molecule has 0 radical (unpaired) electrons. The fraction of sp³-hybridized carbons (Fsp3) is 0.167. The summed E-state index contributed by atoms with van der Waals surface area (Å²) in [6, 6.07) is 7.68. The molecule has 0 saturated carbocycles. The van der Waals surface area contributed by atoms with Gasteiger partial charge in [-0.2, -0.15) is 5.26 Å². The summed E-state index contributed by atoms with van der Waals surface area (Å²) in [6.45, 7) is 3.71. The van der Waals surface area contributed by atoms with Crippen molar-refractivity contribution in [2.75, 3.05) is 11.9 Å². The van der Waals surface area contributed by atoms with Crippen LogP contribution >= 0.6 is 11.3 Å². The van der Waals surface area contributed by atoms with Gasteiger partial charge in [-0.05, 0) is 38.1 Å². The van der Waals surface area contributed by atoms with Gasteiger partial charge in [-0.3, -0.25) is 0 Å². The van der Waals surface area contributed by atoms with E-state index in [0.29, 0.717) is 27.0 Å². The summed E-state index contributed by atoms with van der Waals surface area (Å²) in [5.41, 5.74) is 1.75. The number of rotatable bonds is 5. The molecule has 0 unspecified atom stereocenters. The highest BCUT2D eigenvalue weighted by Crippen LogP contribution is 2.27. The van der Waals surface area contributed by atoms with Crippen molar-refractivity contribution in [1.82, 2.24) is 15.0 Å². The monoisotopic (exact) mass is 383 g/mol. The van der Waals surface area contributed by atoms with Gasteiger partial charge in [0.05, 0.1) is 29.8 Å². The Morgan fingerprint density at radius 3 is 2.74 bits per heavy atom. The Morgan fingerprint density at radius 2 is 2.07 bits per heavy atom. The number of carbonyl (C=O) groups excluding carboxylic acids is 1. The van der Waals surface area contributed by atoms with Gasteiger partial charge >= 0.3 is 5.97 Å².